The Bertz CT molecular complexity index is 709. The van der Waals surface area contributed by atoms with E-state index in [1.165, 1.54) is 0 Å². The van der Waals surface area contributed by atoms with E-state index in [1.807, 2.05) is 16.9 Å². The minimum atomic E-state index is -0.00900. The maximum absolute atomic E-state index is 6.14. The van der Waals surface area contributed by atoms with Gasteiger partial charge in [-0.05, 0) is 38.8 Å². The van der Waals surface area contributed by atoms with Crippen LogP contribution >= 0.6 is 0 Å². The third-order valence-corrected chi connectivity index (χ3v) is 4.61. The average Bonchev–Trinajstić information content (AvgIpc) is 3.14. The fraction of sp³-hybridized carbons (Fsp3) is 0.556. The van der Waals surface area contributed by atoms with Gasteiger partial charge in [0.25, 0.3) is 0 Å². The van der Waals surface area contributed by atoms with Gasteiger partial charge in [0, 0.05) is 17.3 Å². The zero-order valence-corrected chi connectivity index (χ0v) is 14.2. The number of rotatable bonds is 5. The van der Waals surface area contributed by atoms with Gasteiger partial charge in [0.05, 0.1) is 32.1 Å². The van der Waals surface area contributed by atoms with Gasteiger partial charge in [0.15, 0.2) is 0 Å². The van der Waals surface area contributed by atoms with Gasteiger partial charge in [-0.1, -0.05) is 17.3 Å². The molecule has 0 saturated carbocycles. The van der Waals surface area contributed by atoms with Crippen molar-refractivity contribution in [3.05, 3.63) is 30.5 Å². The first-order valence-corrected chi connectivity index (χ1v) is 8.65. The lowest BCUT2D eigenvalue weighted by Gasteiger charge is -2.37. The van der Waals surface area contributed by atoms with E-state index in [2.05, 4.69) is 47.7 Å². The first kappa shape index (κ1) is 15.6. The van der Waals surface area contributed by atoms with Crippen molar-refractivity contribution < 1.29 is 9.47 Å². The number of aromatic nitrogens is 3. The zero-order chi connectivity index (χ0) is 16.6. The molecule has 2 fully saturated rings. The van der Waals surface area contributed by atoms with Crippen molar-refractivity contribution in [3.8, 4) is 11.3 Å². The Morgan fingerprint density at radius 1 is 1.38 bits per heavy atom. The molecule has 1 unspecified atom stereocenters. The van der Waals surface area contributed by atoms with Crippen molar-refractivity contribution in [2.75, 3.05) is 18.5 Å². The molecular formula is C18H24N4O2. The zero-order valence-electron chi connectivity index (χ0n) is 14.2. The molecule has 0 radical (unpaired) electrons. The van der Waals surface area contributed by atoms with Crippen molar-refractivity contribution in [1.82, 2.24) is 15.0 Å². The largest absolute Gasteiger partial charge is 0.383 e. The number of hydrogen-bond donors (Lipinski definition) is 1. The van der Waals surface area contributed by atoms with Crippen molar-refractivity contribution in [3.63, 3.8) is 0 Å². The second-order valence-corrected chi connectivity index (χ2v) is 7.16. The van der Waals surface area contributed by atoms with E-state index in [1.54, 1.807) is 0 Å². The molecule has 2 saturated heterocycles. The number of hydrogen-bond acceptors (Lipinski definition) is 5. The van der Waals surface area contributed by atoms with E-state index in [0.717, 1.165) is 49.5 Å². The lowest BCUT2D eigenvalue weighted by molar-refractivity contribution is -0.201. The molecule has 2 aromatic rings. The van der Waals surface area contributed by atoms with Gasteiger partial charge in [0.2, 0.25) is 0 Å². The Morgan fingerprint density at radius 3 is 2.96 bits per heavy atom. The summed E-state index contributed by atoms with van der Waals surface area (Å²) in [7, 11) is 0. The Morgan fingerprint density at radius 2 is 2.25 bits per heavy atom. The molecule has 0 aliphatic carbocycles. The molecule has 2 aliphatic rings. The van der Waals surface area contributed by atoms with Gasteiger partial charge in [0.1, 0.15) is 11.3 Å². The minimum Gasteiger partial charge on any atom is -0.383 e. The monoisotopic (exact) mass is 328 g/mol. The van der Waals surface area contributed by atoms with Crippen LogP contribution in [-0.2, 0) is 16.0 Å². The third kappa shape index (κ3) is 3.16. The predicted octanol–water partition coefficient (Wildman–Crippen LogP) is 2.71. The third-order valence-electron chi connectivity index (χ3n) is 4.61. The first-order valence-electron chi connectivity index (χ1n) is 8.65. The Kier molecular flexibility index (Phi) is 4.02. The molecule has 2 aliphatic heterocycles. The number of anilines is 1. The second-order valence-electron chi connectivity index (χ2n) is 7.16. The van der Waals surface area contributed by atoms with Crippen molar-refractivity contribution in [2.24, 2.45) is 0 Å². The maximum atomic E-state index is 6.14. The Hall–Kier alpha value is -1.92. The van der Waals surface area contributed by atoms with Crippen LogP contribution in [-0.4, -0.2) is 46.0 Å². The Labute approximate surface area is 142 Å². The number of nitrogens with one attached hydrogen (secondary N) is 1. The highest BCUT2D eigenvalue weighted by molar-refractivity contribution is 5.64. The maximum Gasteiger partial charge on any atom is 0.115 e. The molecule has 1 atom stereocenters. The topological polar surface area (TPSA) is 61.2 Å². The Balaban J connectivity index is 1.43. The van der Waals surface area contributed by atoms with Crippen LogP contribution in [0.25, 0.3) is 11.3 Å². The van der Waals surface area contributed by atoms with Crippen LogP contribution in [0.4, 0.5) is 5.69 Å². The molecule has 24 heavy (non-hydrogen) atoms. The molecule has 1 N–H and O–H groups in total. The van der Waals surface area contributed by atoms with Crippen LogP contribution in [0, 0.1) is 0 Å². The lowest BCUT2D eigenvalue weighted by Crippen LogP contribution is -2.49. The van der Waals surface area contributed by atoms with Crippen LogP contribution in [0.15, 0.2) is 30.5 Å². The van der Waals surface area contributed by atoms with Gasteiger partial charge < -0.3 is 14.8 Å². The smallest absolute Gasteiger partial charge is 0.115 e. The summed E-state index contributed by atoms with van der Waals surface area (Å²) in [4.78, 5) is 0. The van der Waals surface area contributed by atoms with Gasteiger partial charge in [-0.2, -0.15) is 0 Å². The van der Waals surface area contributed by atoms with Crippen LogP contribution < -0.4 is 5.32 Å². The average molecular weight is 328 g/mol. The van der Waals surface area contributed by atoms with E-state index in [9.17, 15) is 0 Å². The summed E-state index contributed by atoms with van der Waals surface area (Å²) >= 11 is 0. The molecule has 6 heteroatoms. The SMILES string of the molecule is CC(C)Nc1cccc(-c2cn(CC3CCC4(COC4)O3)nn2)c1. The van der Waals surface area contributed by atoms with Gasteiger partial charge in [-0.25, -0.2) is 4.68 Å². The van der Waals surface area contributed by atoms with Gasteiger partial charge >= 0.3 is 0 Å². The lowest BCUT2D eigenvalue weighted by atomic mass is 9.98. The van der Waals surface area contributed by atoms with E-state index >= 15 is 0 Å². The van der Waals surface area contributed by atoms with Crippen LogP contribution in [0.2, 0.25) is 0 Å². The van der Waals surface area contributed by atoms with Crippen molar-refractivity contribution >= 4 is 5.69 Å². The van der Waals surface area contributed by atoms with Gasteiger partial charge in [-0.3, -0.25) is 0 Å². The summed E-state index contributed by atoms with van der Waals surface area (Å²) in [6.07, 6.45) is 4.35. The molecule has 4 rings (SSSR count). The normalized spacial score (nSPS) is 22.0. The van der Waals surface area contributed by atoms with Crippen LogP contribution in [0.1, 0.15) is 26.7 Å². The summed E-state index contributed by atoms with van der Waals surface area (Å²) in [5.41, 5.74) is 3.05. The molecule has 0 amide bonds. The molecule has 1 spiro atoms. The summed E-state index contributed by atoms with van der Waals surface area (Å²) in [6.45, 7) is 6.48. The van der Waals surface area contributed by atoms with Crippen LogP contribution in [0.3, 0.4) is 0 Å². The molecule has 1 aromatic carbocycles. The standard InChI is InChI=1S/C18H24N4O2/c1-13(2)19-15-5-3-4-14(8-15)17-10-22(21-20-17)9-16-6-7-18(24-16)11-23-12-18/h3-5,8,10,13,16,19H,6-7,9,11-12H2,1-2H3. The molecule has 1 aromatic heterocycles. The number of ether oxygens (including phenoxy) is 2. The van der Waals surface area contributed by atoms with E-state index < -0.39 is 0 Å². The number of benzene rings is 1. The quantitative estimate of drug-likeness (QED) is 0.914. The highest BCUT2D eigenvalue weighted by Gasteiger charge is 2.46. The molecule has 0 bridgehead atoms. The van der Waals surface area contributed by atoms with Crippen molar-refractivity contribution in [2.45, 2.75) is 51.0 Å². The second kappa shape index (κ2) is 6.18. The van der Waals surface area contributed by atoms with E-state index in [0.29, 0.717) is 6.04 Å². The van der Waals surface area contributed by atoms with E-state index in [-0.39, 0.29) is 11.7 Å². The molecule has 6 nitrogen and oxygen atoms in total. The van der Waals surface area contributed by atoms with Crippen molar-refractivity contribution in [1.29, 1.82) is 0 Å². The molecular weight excluding hydrogens is 304 g/mol. The molecule has 3 heterocycles. The fourth-order valence-electron chi connectivity index (χ4n) is 3.40. The highest BCUT2D eigenvalue weighted by Crippen LogP contribution is 2.36. The summed E-state index contributed by atoms with van der Waals surface area (Å²) in [6, 6.07) is 8.69. The predicted molar refractivity (Wildman–Crippen MR) is 91.9 cm³/mol. The fourth-order valence-corrected chi connectivity index (χ4v) is 3.40. The van der Waals surface area contributed by atoms with Crippen LogP contribution in [0.5, 0.6) is 0 Å². The summed E-state index contributed by atoms with van der Waals surface area (Å²) in [5.74, 6) is 0. The number of nitrogens with zero attached hydrogens (tertiary/aromatic N) is 3. The van der Waals surface area contributed by atoms with E-state index in [4.69, 9.17) is 9.47 Å². The molecule has 128 valence electrons. The summed E-state index contributed by atoms with van der Waals surface area (Å²) < 4.78 is 13.3. The van der Waals surface area contributed by atoms with Gasteiger partial charge in [-0.15, -0.1) is 5.10 Å². The first-order chi connectivity index (χ1) is 11.6. The summed E-state index contributed by atoms with van der Waals surface area (Å²) in [5, 5.41) is 12.0. The highest BCUT2D eigenvalue weighted by atomic mass is 16.6. The minimum absolute atomic E-state index is 0.00900.